The van der Waals surface area contributed by atoms with Crippen LogP contribution < -0.4 is 4.74 Å². The molecule has 0 bridgehead atoms. The predicted octanol–water partition coefficient (Wildman–Crippen LogP) is 3.00. The van der Waals surface area contributed by atoms with E-state index in [9.17, 15) is 18.5 Å². The molecule has 0 spiro atoms. The summed E-state index contributed by atoms with van der Waals surface area (Å²) in [4.78, 5) is 9.69. The number of ether oxygens (including phenoxy) is 1. The number of nitrogens with zero attached hydrogens (tertiary/aromatic N) is 2. The number of para-hydroxylation sites is 1. The molecule has 110 valence electrons. The van der Waals surface area contributed by atoms with Gasteiger partial charge in [0.2, 0.25) is 0 Å². The molecule has 0 saturated heterocycles. The summed E-state index contributed by atoms with van der Waals surface area (Å²) in [7, 11) is -2.68. The van der Waals surface area contributed by atoms with E-state index in [4.69, 9.17) is 4.74 Å². The van der Waals surface area contributed by atoms with Gasteiger partial charge >= 0.3 is 0 Å². The summed E-state index contributed by atoms with van der Waals surface area (Å²) in [5, 5.41) is 10.9. The lowest BCUT2D eigenvalue weighted by atomic mass is 10.3. The molecule has 0 N–H and O–H groups in total. The summed E-state index contributed by atoms with van der Waals surface area (Å²) >= 11 is 0. The fourth-order valence-corrected chi connectivity index (χ4v) is 2.81. The highest BCUT2D eigenvalue weighted by atomic mass is 32.2. The van der Waals surface area contributed by atoms with Gasteiger partial charge in [-0.05, 0) is 18.2 Å². The van der Waals surface area contributed by atoms with Crippen molar-refractivity contribution in [3.63, 3.8) is 0 Å². The zero-order valence-electron chi connectivity index (χ0n) is 11.0. The number of rotatable bonds is 5. The van der Waals surface area contributed by atoms with E-state index in [1.807, 2.05) is 0 Å². The molecule has 8 heteroatoms. The van der Waals surface area contributed by atoms with Crippen LogP contribution in [0.1, 0.15) is 0 Å². The molecule has 0 heterocycles. The Bertz CT molecular complexity index is 756. The quantitative estimate of drug-likeness (QED) is 0.624. The van der Waals surface area contributed by atoms with Gasteiger partial charge in [-0.3, -0.25) is 10.1 Å². The fraction of sp³-hybridized carbons (Fsp3) is 0.0769. The van der Waals surface area contributed by atoms with E-state index in [1.54, 1.807) is 12.1 Å². The fourth-order valence-electron chi connectivity index (χ4n) is 1.66. The second-order valence-corrected chi connectivity index (χ2v) is 5.56. The van der Waals surface area contributed by atoms with E-state index in [-0.39, 0.29) is 5.69 Å². The van der Waals surface area contributed by atoms with Crippen LogP contribution in [-0.4, -0.2) is 20.5 Å². The van der Waals surface area contributed by atoms with Crippen LogP contribution in [-0.2, 0) is 10.0 Å². The third-order valence-electron chi connectivity index (χ3n) is 2.64. The van der Waals surface area contributed by atoms with Gasteiger partial charge in [0.05, 0.1) is 12.0 Å². The van der Waals surface area contributed by atoms with Crippen molar-refractivity contribution in [2.75, 3.05) is 7.11 Å². The van der Waals surface area contributed by atoms with Gasteiger partial charge in [0.1, 0.15) is 20.7 Å². The second kappa shape index (κ2) is 5.80. The summed E-state index contributed by atoms with van der Waals surface area (Å²) in [5.74, 6) is 0.553. The number of benzene rings is 2. The lowest BCUT2D eigenvalue weighted by Gasteiger charge is -2.21. The average Bonchev–Trinajstić information content (AvgIpc) is 2.47. The first-order chi connectivity index (χ1) is 9.94. The van der Waals surface area contributed by atoms with E-state index in [0.29, 0.717) is 5.75 Å². The van der Waals surface area contributed by atoms with Crippen LogP contribution in [0.3, 0.4) is 0 Å². The Balaban J connectivity index is 2.36. The lowest BCUT2D eigenvalue weighted by Crippen LogP contribution is -2.02. The number of methoxy groups -OCH3 is 1. The van der Waals surface area contributed by atoms with Crippen molar-refractivity contribution in [3.05, 3.63) is 63.4 Å². The molecule has 0 unspecified atom stereocenters. The second-order valence-electron chi connectivity index (χ2n) is 3.99. The van der Waals surface area contributed by atoms with Gasteiger partial charge in [-0.1, -0.05) is 24.3 Å². The number of hydrogen-bond donors (Lipinski definition) is 0. The first kappa shape index (κ1) is 14.8. The summed E-state index contributed by atoms with van der Waals surface area (Å²) in [6.07, 6.45) is 0. The number of nitro benzene ring substituents is 1. The van der Waals surface area contributed by atoms with Gasteiger partial charge in [-0.15, -0.1) is 5.69 Å². The molecular weight excluding hydrogens is 296 g/mol. The van der Waals surface area contributed by atoms with Crippen molar-refractivity contribution in [1.82, 2.24) is 0 Å². The Labute approximate surface area is 121 Å². The summed E-state index contributed by atoms with van der Waals surface area (Å²) in [6.45, 7) is 0. The van der Waals surface area contributed by atoms with Crippen molar-refractivity contribution in [2.45, 2.75) is 4.90 Å². The van der Waals surface area contributed by atoms with Crippen molar-refractivity contribution < 1.29 is 18.1 Å². The minimum atomic E-state index is -4.17. The SMILES string of the molecule is COc1ccc([N-]S(=O)(=O)c2ccccc2[N+](=O)[O-])cc1. The van der Waals surface area contributed by atoms with Crippen LogP contribution in [0.25, 0.3) is 4.72 Å². The normalized spacial score (nSPS) is 10.9. The molecule has 0 amide bonds. The molecule has 2 aromatic carbocycles. The highest BCUT2D eigenvalue weighted by Gasteiger charge is 2.19. The minimum absolute atomic E-state index is 0.161. The van der Waals surface area contributed by atoms with Crippen molar-refractivity contribution in [3.8, 4) is 5.75 Å². The minimum Gasteiger partial charge on any atom is -0.572 e. The van der Waals surface area contributed by atoms with Crippen LogP contribution >= 0.6 is 0 Å². The maximum absolute atomic E-state index is 12.2. The predicted molar refractivity (Wildman–Crippen MR) is 76.3 cm³/mol. The van der Waals surface area contributed by atoms with Crippen LogP contribution in [0.15, 0.2) is 53.4 Å². The molecule has 7 nitrogen and oxygen atoms in total. The van der Waals surface area contributed by atoms with Crippen molar-refractivity contribution in [1.29, 1.82) is 0 Å². The number of nitro groups is 1. The molecule has 0 atom stereocenters. The molecule has 0 radical (unpaired) electrons. The van der Waals surface area contributed by atoms with E-state index < -0.39 is 25.5 Å². The molecule has 2 aromatic rings. The van der Waals surface area contributed by atoms with Crippen LogP contribution in [0.2, 0.25) is 0 Å². The Morgan fingerprint density at radius 2 is 1.71 bits per heavy atom. The van der Waals surface area contributed by atoms with Gasteiger partial charge in [0.25, 0.3) is 5.69 Å². The molecule has 0 aliphatic rings. The van der Waals surface area contributed by atoms with Crippen molar-refractivity contribution in [2.24, 2.45) is 0 Å². The maximum Gasteiger partial charge on any atom is 0.286 e. The van der Waals surface area contributed by atoms with E-state index in [1.165, 1.54) is 31.4 Å². The standard InChI is InChI=1S/C13H11N2O5S/c1-20-11-8-6-10(7-9-11)14-21(18,19)13-5-3-2-4-12(13)15(16)17/h2-9H,1H3/q-1. The van der Waals surface area contributed by atoms with Gasteiger partial charge in [-0.2, -0.15) is 0 Å². The first-order valence-electron chi connectivity index (χ1n) is 5.79. The Hall–Kier alpha value is -2.61. The lowest BCUT2D eigenvalue weighted by molar-refractivity contribution is -0.387. The van der Waals surface area contributed by atoms with E-state index in [2.05, 4.69) is 4.72 Å². The highest BCUT2D eigenvalue weighted by Crippen LogP contribution is 2.33. The third kappa shape index (κ3) is 3.29. The molecule has 2 rings (SSSR count). The molecule has 0 aromatic heterocycles. The molecule has 0 aliphatic carbocycles. The smallest absolute Gasteiger partial charge is 0.286 e. The van der Waals surface area contributed by atoms with Crippen molar-refractivity contribution >= 4 is 21.4 Å². The Morgan fingerprint density at radius 1 is 1.10 bits per heavy atom. The topological polar surface area (TPSA) is 101 Å². The van der Waals surface area contributed by atoms with Gasteiger partial charge in [-0.25, -0.2) is 8.42 Å². The van der Waals surface area contributed by atoms with Crippen LogP contribution in [0.5, 0.6) is 5.75 Å². The maximum atomic E-state index is 12.2. The zero-order chi connectivity index (χ0) is 15.5. The number of hydrogen-bond acceptors (Lipinski definition) is 5. The van der Waals surface area contributed by atoms with Gasteiger partial charge in [0, 0.05) is 6.07 Å². The molecule has 21 heavy (non-hydrogen) atoms. The largest absolute Gasteiger partial charge is 0.572 e. The first-order valence-corrected chi connectivity index (χ1v) is 7.23. The third-order valence-corrected chi connectivity index (χ3v) is 3.99. The summed E-state index contributed by atoms with van der Waals surface area (Å²) in [6, 6.07) is 11.1. The highest BCUT2D eigenvalue weighted by molar-refractivity contribution is 7.94. The Kier molecular flexibility index (Phi) is 4.08. The Morgan fingerprint density at radius 3 is 2.29 bits per heavy atom. The molecule has 0 fully saturated rings. The monoisotopic (exact) mass is 307 g/mol. The van der Waals surface area contributed by atoms with Crippen LogP contribution in [0.4, 0.5) is 11.4 Å². The average molecular weight is 307 g/mol. The number of sulfonamides is 1. The molecular formula is C13H11N2O5S-. The van der Waals surface area contributed by atoms with Crippen LogP contribution in [0, 0.1) is 10.1 Å². The van der Waals surface area contributed by atoms with Gasteiger partial charge in [0.15, 0.2) is 0 Å². The molecule has 0 saturated carbocycles. The van der Waals surface area contributed by atoms with E-state index >= 15 is 0 Å². The van der Waals surface area contributed by atoms with Gasteiger partial charge < -0.3 is 9.46 Å². The molecule has 0 aliphatic heterocycles. The van der Waals surface area contributed by atoms with E-state index in [0.717, 1.165) is 12.1 Å². The zero-order valence-corrected chi connectivity index (χ0v) is 11.8. The summed E-state index contributed by atoms with van der Waals surface area (Å²) in [5.41, 5.74) is -0.344. The summed E-state index contributed by atoms with van der Waals surface area (Å²) < 4.78 is 32.9.